The molecule has 9 nitrogen and oxygen atoms in total. The van der Waals surface area contributed by atoms with E-state index in [0.717, 1.165) is 4.90 Å². The Morgan fingerprint density at radius 1 is 1.22 bits per heavy atom. The molecule has 144 valence electrons. The van der Waals surface area contributed by atoms with Gasteiger partial charge in [0.15, 0.2) is 11.6 Å². The Kier molecular flexibility index (Phi) is 5.29. The van der Waals surface area contributed by atoms with Gasteiger partial charge in [-0.3, -0.25) is 4.79 Å². The highest BCUT2D eigenvalue weighted by Crippen LogP contribution is 2.20. The van der Waals surface area contributed by atoms with Gasteiger partial charge < -0.3 is 9.30 Å². The molecule has 1 saturated heterocycles. The molecule has 3 rings (SSSR count). The van der Waals surface area contributed by atoms with E-state index in [4.69, 9.17) is 4.74 Å². The number of imidazole rings is 1. The molecule has 1 aromatic carbocycles. The van der Waals surface area contributed by atoms with Gasteiger partial charge in [0.25, 0.3) is 15.9 Å². The van der Waals surface area contributed by atoms with Crippen LogP contribution in [0.1, 0.15) is 31.5 Å². The second-order valence-electron chi connectivity index (χ2n) is 6.40. The second kappa shape index (κ2) is 7.49. The lowest BCUT2D eigenvalue weighted by molar-refractivity contribution is -0.126. The summed E-state index contributed by atoms with van der Waals surface area (Å²) in [6, 6.07) is 7.92. The summed E-state index contributed by atoms with van der Waals surface area (Å²) in [7, 11) is -3.97. The van der Waals surface area contributed by atoms with E-state index in [1.54, 1.807) is 34.9 Å². The van der Waals surface area contributed by atoms with Crippen molar-refractivity contribution in [3.63, 3.8) is 0 Å². The summed E-state index contributed by atoms with van der Waals surface area (Å²) in [5.74, 6) is -0.510. The molecular formula is C17H20N4O5S. The summed E-state index contributed by atoms with van der Waals surface area (Å²) in [4.78, 5) is 28.5. The van der Waals surface area contributed by atoms with Crippen LogP contribution in [0.5, 0.6) is 0 Å². The minimum Gasteiger partial charge on any atom is -0.439 e. The number of hydrogen-bond donors (Lipinski definition) is 1. The summed E-state index contributed by atoms with van der Waals surface area (Å²) < 4.78 is 34.5. The van der Waals surface area contributed by atoms with Gasteiger partial charge in [0.1, 0.15) is 0 Å². The number of nitrogens with one attached hydrogen (secondary N) is 1. The highest BCUT2D eigenvalue weighted by Gasteiger charge is 2.35. The SMILES string of the molecule is CC(C)n1cnc(S(=O)(=O)NC(CN2C(=O)COC2=O)c2ccccc2)c1. The molecule has 1 aromatic heterocycles. The van der Waals surface area contributed by atoms with Crippen LogP contribution in [-0.4, -0.2) is 48.0 Å². The average molecular weight is 392 g/mol. The van der Waals surface area contributed by atoms with E-state index in [9.17, 15) is 18.0 Å². The Bertz CT molecular complexity index is 923. The average Bonchev–Trinajstić information content (AvgIpc) is 3.25. The summed E-state index contributed by atoms with van der Waals surface area (Å²) in [6.45, 7) is 3.30. The first-order valence-electron chi connectivity index (χ1n) is 8.36. The maximum Gasteiger partial charge on any atom is 0.417 e. The number of ether oxygens (including phenoxy) is 1. The van der Waals surface area contributed by atoms with Gasteiger partial charge in [-0.1, -0.05) is 30.3 Å². The molecular weight excluding hydrogens is 372 g/mol. The number of aromatic nitrogens is 2. The number of imide groups is 1. The number of sulfonamides is 1. The Hall–Kier alpha value is -2.72. The normalized spacial score (nSPS) is 16.0. The van der Waals surface area contributed by atoms with Crippen LogP contribution in [0, 0.1) is 0 Å². The van der Waals surface area contributed by atoms with Crippen LogP contribution in [0.2, 0.25) is 0 Å². The monoisotopic (exact) mass is 392 g/mol. The molecule has 2 aromatic rings. The largest absolute Gasteiger partial charge is 0.439 e. The molecule has 27 heavy (non-hydrogen) atoms. The third kappa shape index (κ3) is 4.17. The highest BCUT2D eigenvalue weighted by molar-refractivity contribution is 7.89. The second-order valence-corrected chi connectivity index (χ2v) is 8.06. The van der Waals surface area contributed by atoms with Crippen molar-refractivity contribution in [1.82, 2.24) is 19.2 Å². The molecule has 0 bridgehead atoms. The van der Waals surface area contributed by atoms with E-state index >= 15 is 0 Å². The van der Waals surface area contributed by atoms with Gasteiger partial charge in [-0.15, -0.1) is 0 Å². The third-order valence-corrected chi connectivity index (χ3v) is 5.51. The van der Waals surface area contributed by atoms with Crippen LogP contribution >= 0.6 is 0 Å². The Morgan fingerprint density at radius 3 is 2.48 bits per heavy atom. The smallest absolute Gasteiger partial charge is 0.417 e. The molecule has 1 atom stereocenters. The maximum atomic E-state index is 12.8. The van der Waals surface area contributed by atoms with E-state index in [1.165, 1.54) is 12.5 Å². The first-order valence-corrected chi connectivity index (χ1v) is 9.84. The van der Waals surface area contributed by atoms with E-state index in [0.29, 0.717) is 5.56 Å². The fourth-order valence-electron chi connectivity index (χ4n) is 2.62. The summed E-state index contributed by atoms with van der Waals surface area (Å²) in [5, 5.41) is -0.132. The van der Waals surface area contributed by atoms with Crippen molar-refractivity contribution >= 4 is 22.0 Å². The van der Waals surface area contributed by atoms with Gasteiger partial charge in [0.05, 0.1) is 18.9 Å². The first-order chi connectivity index (χ1) is 12.8. The number of cyclic esters (lactones) is 1. The van der Waals surface area contributed by atoms with Crippen molar-refractivity contribution in [1.29, 1.82) is 0 Å². The molecule has 1 fully saturated rings. The molecule has 1 unspecified atom stereocenters. The van der Waals surface area contributed by atoms with Crippen molar-refractivity contribution in [3.05, 3.63) is 48.4 Å². The molecule has 2 amide bonds. The van der Waals surface area contributed by atoms with E-state index in [-0.39, 0.29) is 24.2 Å². The molecule has 0 saturated carbocycles. The number of carbonyl (C=O) groups is 2. The molecule has 0 spiro atoms. The van der Waals surface area contributed by atoms with Crippen LogP contribution < -0.4 is 4.72 Å². The van der Waals surface area contributed by atoms with Crippen molar-refractivity contribution in [2.24, 2.45) is 0 Å². The number of amides is 2. The van der Waals surface area contributed by atoms with Gasteiger partial charge in [0.2, 0.25) is 0 Å². The lowest BCUT2D eigenvalue weighted by Gasteiger charge is -2.22. The molecule has 1 N–H and O–H groups in total. The van der Waals surface area contributed by atoms with Gasteiger partial charge in [0, 0.05) is 12.2 Å². The van der Waals surface area contributed by atoms with Crippen LogP contribution in [0.4, 0.5) is 4.79 Å². The fraction of sp³-hybridized carbons (Fsp3) is 0.353. The Balaban J connectivity index is 1.88. The predicted octanol–water partition coefficient (Wildman–Crippen LogP) is 1.46. The van der Waals surface area contributed by atoms with Crippen LogP contribution in [0.15, 0.2) is 47.9 Å². The lowest BCUT2D eigenvalue weighted by atomic mass is 10.1. The first kappa shape index (κ1) is 19.1. The van der Waals surface area contributed by atoms with Crippen molar-refractivity contribution < 1.29 is 22.7 Å². The number of benzene rings is 1. The lowest BCUT2D eigenvalue weighted by Crippen LogP contribution is -2.40. The molecule has 1 aliphatic rings. The van der Waals surface area contributed by atoms with Crippen molar-refractivity contribution in [2.45, 2.75) is 31.0 Å². The molecule has 0 aliphatic carbocycles. The van der Waals surface area contributed by atoms with Gasteiger partial charge in [-0.25, -0.2) is 27.8 Å². The number of nitrogens with zero attached hydrogens (tertiary/aromatic N) is 3. The van der Waals surface area contributed by atoms with Crippen LogP contribution in [0.25, 0.3) is 0 Å². The third-order valence-electron chi connectivity index (χ3n) is 4.15. The van der Waals surface area contributed by atoms with Gasteiger partial charge in [-0.05, 0) is 19.4 Å². The highest BCUT2D eigenvalue weighted by atomic mass is 32.2. The van der Waals surface area contributed by atoms with Gasteiger partial charge >= 0.3 is 6.09 Å². The quantitative estimate of drug-likeness (QED) is 0.764. The van der Waals surface area contributed by atoms with E-state index < -0.39 is 28.1 Å². The molecule has 1 aliphatic heterocycles. The van der Waals surface area contributed by atoms with E-state index in [2.05, 4.69) is 9.71 Å². The molecule has 10 heteroatoms. The maximum absolute atomic E-state index is 12.8. The minimum absolute atomic E-state index is 0.0587. The van der Waals surface area contributed by atoms with E-state index in [1.807, 2.05) is 13.8 Å². The molecule has 2 heterocycles. The van der Waals surface area contributed by atoms with Crippen LogP contribution in [-0.2, 0) is 19.6 Å². The topological polar surface area (TPSA) is 111 Å². The van der Waals surface area contributed by atoms with Gasteiger partial charge in [-0.2, -0.15) is 0 Å². The summed E-state index contributed by atoms with van der Waals surface area (Å²) >= 11 is 0. The summed E-state index contributed by atoms with van der Waals surface area (Å²) in [6.07, 6.45) is 2.09. The van der Waals surface area contributed by atoms with Crippen LogP contribution in [0.3, 0.4) is 0 Å². The fourth-order valence-corrected chi connectivity index (χ4v) is 3.78. The Morgan fingerprint density at radius 2 is 1.93 bits per heavy atom. The Labute approximate surface area is 157 Å². The molecule has 0 radical (unpaired) electrons. The zero-order valence-corrected chi connectivity index (χ0v) is 15.7. The summed E-state index contributed by atoms with van der Waals surface area (Å²) in [5.41, 5.74) is 0.608. The van der Waals surface area contributed by atoms with Crippen molar-refractivity contribution in [2.75, 3.05) is 13.2 Å². The van der Waals surface area contributed by atoms with Crippen molar-refractivity contribution in [3.8, 4) is 0 Å². The number of hydrogen-bond acceptors (Lipinski definition) is 6. The minimum atomic E-state index is -3.97. The number of carbonyl (C=O) groups excluding carboxylic acids is 2. The predicted molar refractivity (Wildman–Crippen MR) is 95.2 cm³/mol. The zero-order chi connectivity index (χ0) is 19.6. The standard InChI is InChI=1S/C17H20N4O5S/c1-12(2)20-9-15(18-11-20)27(24,25)19-14(13-6-4-3-5-7-13)8-21-16(22)10-26-17(21)23/h3-7,9,11-12,14,19H,8,10H2,1-2H3. The number of rotatable bonds is 7. The zero-order valence-electron chi connectivity index (χ0n) is 14.9.